The SMILES string of the molecule is CC(=O)c1cc(C(=O)O)c(Oc2cccc(C(F)(F)F)c2)nn1. The van der Waals surface area contributed by atoms with Crippen LogP contribution in [0.4, 0.5) is 13.2 Å². The molecular formula is C14H9F3N2O4. The van der Waals surface area contributed by atoms with Gasteiger partial charge in [-0.1, -0.05) is 6.07 Å². The van der Waals surface area contributed by atoms with Crippen LogP contribution < -0.4 is 4.74 Å². The molecule has 1 aromatic carbocycles. The highest BCUT2D eigenvalue weighted by Gasteiger charge is 2.30. The lowest BCUT2D eigenvalue weighted by molar-refractivity contribution is -0.137. The quantitative estimate of drug-likeness (QED) is 0.868. The zero-order valence-corrected chi connectivity index (χ0v) is 11.6. The minimum atomic E-state index is -4.57. The molecule has 0 unspecified atom stereocenters. The van der Waals surface area contributed by atoms with Crippen molar-refractivity contribution < 1.29 is 32.6 Å². The van der Waals surface area contributed by atoms with Crippen molar-refractivity contribution >= 4 is 11.8 Å². The Bertz CT molecular complexity index is 775. The van der Waals surface area contributed by atoms with Crippen LogP contribution in [0.5, 0.6) is 11.6 Å². The van der Waals surface area contributed by atoms with Gasteiger partial charge in [0.25, 0.3) is 5.88 Å². The molecule has 0 saturated heterocycles. The number of Topliss-reactive ketones (excluding diaryl/α,β-unsaturated/α-hetero) is 1. The van der Waals surface area contributed by atoms with Crippen LogP contribution in [0.25, 0.3) is 0 Å². The smallest absolute Gasteiger partial charge is 0.416 e. The van der Waals surface area contributed by atoms with Crippen LogP contribution in [-0.2, 0) is 6.18 Å². The van der Waals surface area contributed by atoms with E-state index in [1.807, 2.05) is 0 Å². The van der Waals surface area contributed by atoms with Crippen LogP contribution in [0.2, 0.25) is 0 Å². The molecule has 120 valence electrons. The Labute approximate surface area is 127 Å². The number of carbonyl (C=O) groups excluding carboxylic acids is 1. The molecule has 23 heavy (non-hydrogen) atoms. The van der Waals surface area contributed by atoms with Crippen molar-refractivity contribution in [1.29, 1.82) is 0 Å². The Balaban J connectivity index is 2.40. The third-order valence-electron chi connectivity index (χ3n) is 2.73. The summed E-state index contributed by atoms with van der Waals surface area (Å²) in [7, 11) is 0. The number of carbonyl (C=O) groups is 2. The highest BCUT2D eigenvalue weighted by atomic mass is 19.4. The first-order valence-electron chi connectivity index (χ1n) is 6.15. The van der Waals surface area contributed by atoms with Crippen LogP contribution in [0.15, 0.2) is 30.3 Å². The van der Waals surface area contributed by atoms with Crippen molar-refractivity contribution in [3.05, 3.63) is 47.2 Å². The van der Waals surface area contributed by atoms with Crippen molar-refractivity contribution in [2.45, 2.75) is 13.1 Å². The summed E-state index contributed by atoms with van der Waals surface area (Å²) in [5.74, 6) is -2.73. The van der Waals surface area contributed by atoms with E-state index in [0.29, 0.717) is 6.07 Å². The van der Waals surface area contributed by atoms with Gasteiger partial charge in [-0.2, -0.15) is 13.2 Å². The van der Waals surface area contributed by atoms with Gasteiger partial charge in [-0.15, -0.1) is 10.2 Å². The fourth-order valence-electron chi connectivity index (χ4n) is 1.63. The molecule has 6 nitrogen and oxygen atoms in total. The summed E-state index contributed by atoms with van der Waals surface area (Å²) in [4.78, 5) is 22.4. The summed E-state index contributed by atoms with van der Waals surface area (Å²) in [6.07, 6.45) is -4.57. The molecule has 0 aliphatic heterocycles. The van der Waals surface area contributed by atoms with Gasteiger partial charge in [-0.05, 0) is 24.3 Å². The van der Waals surface area contributed by atoms with Crippen molar-refractivity contribution in [3.8, 4) is 11.6 Å². The molecular weight excluding hydrogens is 317 g/mol. The highest BCUT2D eigenvalue weighted by molar-refractivity contribution is 5.96. The first kappa shape index (κ1) is 16.4. The lowest BCUT2D eigenvalue weighted by Gasteiger charge is -2.10. The molecule has 0 atom stereocenters. The van der Waals surface area contributed by atoms with E-state index in [9.17, 15) is 22.8 Å². The minimum Gasteiger partial charge on any atom is -0.477 e. The van der Waals surface area contributed by atoms with E-state index < -0.39 is 34.9 Å². The monoisotopic (exact) mass is 326 g/mol. The number of aromatic nitrogens is 2. The van der Waals surface area contributed by atoms with E-state index in [4.69, 9.17) is 9.84 Å². The topological polar surface area (TPSA) is 89.4 Å². The number of hydrogen-bond donors (Lipinski definition) is 1. The summed E-state index contributed by atoms with van der Waals surface area (Å²) in [5.41, 5.74) is -1.64. The van der Waals surface area contributed by atoms with E-state index in [-0.39, 0.29) is 11.4 Å². The summed E-state index contributed by atoms with van der Waals surface area (Å²) >= 11 is 0. The number of halogens is 3. The molecule has 1 N–H and O–H groups in total. The summed E-state index contributed by atoms with van der Waals surface area (Å²) in [5, 5.41) is 16.0. The fraction of sp³-hybridized carbons (Fsp3) is 0.143. The third kappa shape index (κ3) is 3.82. The molecule has 1 aromatic heterocycles. The zero-order valence-electron chi connectivity index (χ0n) is 11.6. The number of nitrogens with zero attached hydrogens (tertiary/aromatic N) is 2. The lowest BCUT2D eigenvalue weighted by atomic mass is 10.2. The van der Waals surface area contributed by atoms with Crippen molar-refractivity contribution in [2.24, 2.45) is 0 Å². The average Bonchev–Trinajstić information content (AvgIpc) is 2.46. The van der Waals surface area contributed by atoms with Gasteiger partial charge < -0.3 is 9.84 Å². The van der Waals surface area contributed by atoms with Crippen LogP contribution >= 0.6 is 0 Å². The van der Waals surface area contributed by atoms with Crippen molar-refractivity contribution in [3.63, 3.8) is 0 Å². The van der Waals surface area contributed by atoms with Crippen molar-refractivity contribution in [2.75, 3.05) is 0 Å². The molecule has 0 amide bonds. The van der Waals surface area contributed by atoms with Gasteiger partial charge in [0.1, 0.15) is 17.0 Å². The predicted molar refractivity (Wildman–Crippen MR) is 70.5 cm³/mol. The van der Waals surface area contributed by atoms with Gasteiger partial charge in [-0.25, -0.2) is 4.79 Å². The van der Waals surface area contributed by atoms with Crippen LogP contribution in [0, 0.1) is 0 Å². The van der Waals surface area contributed by atoms with Gasteiger partial charge in [0, 0.05) is 6.92 Å². The fourth-order valence-corrected chi connectivity index (χ4v) is 1.63. The summed E-state index contributed by atoms with van der Waals surface area (Å²) < 4.78 is 43.0. The Hall–Kier alpha value is -2.97. The molecule has 0 aliphatic rings. The number of rotatable bonds is 4. The minimum absolute atomic E-state index is 0.196. The van der Waals surface area contributed by atoms with Crippen LogP contribution in [0.3, 0.4) is 0 Å². The summed E-state index contributed by atoms with van der Waals surface area (Å²) in [6, 6.07) is 4.81. The van der Waals surface area contributed by atoms with Gasteiger partial charge >= 0.3 is 12.1 Å². The number of benzene rings is 1. The molecule has 1 heterocycles. The molecule has 2 aromatic rings. The average molecular weight is 326 g/mol. The third-order valence-corrected chi connectivity index (χ3v) is 2.73. The second-order valence-electron chi connectivity index (χ2n) is 4.44. The van der Waals surface area contributed by atoms with Gasteiger partial charge in [0.05, 0.1) is 5.56 Å². The number of ketones is 1. The standard InChI is InChI=1S/C14H9F3N2O4/c1-7(20)11-6-10(13(21)22)12(19-18-11)23-9-4-2-3-8(5-9)14(15,16)17/h2-6H,1H3,(H,21,22). The maximum atomic E-state index is 12.6. The largest absolute Gasteiger partial charge is 0.477 e. The normalized spacial score (nSPS) is 11.1. The second-order valence-corrected chi connectivity index (χ2v) is 4.44. The molecule has 0 saturated carbocycles. The number of carboxylic acid groups (broad SMARTS) is 1. The van der Waals surface area contributed by atoms with Gasteiger partial charge in [0.2, 0.25) is 0 Å². The van der Waals surface area contributed by atoms with Crippen molar-refractivity contribution in [1.82, 2.24) is 10.2 Å². The maximum absolute atomic E-state index is 12.6. The number of aromatic carboxylic acids is 1. The summed E-state index contributed by atoms with van der Waals surface area (Å²) in [6.45, 7) is 1.17. The lowest BCUT2D eigenvalue weighted by Crippen LogP contribution is -2.09. The predicted octanol–water partition coefficient (Wildman–Crippen LogP) is 3.19. The molecule has 0 spiro atoms. The van der Waals surface area contributed by atoms with E-state index in [1.165, 1.54) is 13.0 Å². The molecule has 0 bridgehead atoms. The van der Waals surface area contributed by atoms with Gasteiger partial charge in [-0.3, -0.25) is 4.79 Å². The van der Waals surface area contributed by atoms with E-state index in [2.05, 4.69) is 10.2 Å². The molecule has 0 aliphatic carbocycles. The van der Waals surface area contributed by atoms with Crippen LogP contribution in [-0.4, -0.2) is 27.1 Å². The second kappa shape index (κ2) is 6.03. The number of ether oxygens (including phenoxy) is 1. The first-order valence-corrected chi connectivity index (χ1v) is 6.15. The zero-order chi connectivity index (χ0) is 17.2. The molecule has 0 radical (unpaired) electrons. The van der Waals surface area contributed by atoms with Crippen LogP contribution in [0.1, 0.15) is 33.3 Å². The molecule has 9 heteroatoms. The van der Waals surface area contributed by atoms with E-state index >= 15 is 0 Å². The molecule has 0 fully saturated rings. The first-order chi connectivity index (χ1) is 10.7. The van der Waals surface area contributed by atoms with E-state index in [0.717, 1.165) is 18.2 Å². The highest BCUT2D eigenvalue weighted by Crippen LogP contribution is 2.32. The Morgan fingerprint density at radius 3 is 2.43 bits per heavy atom. The maximum Gasteiger partial charge on any atom is 0.416 e. The number of alkyl halides is 3. The Morgan fingerprint density at radius 1 is 1.17 bits per heavy atom. The Morgan fingerprint density at radius 2 is 1.87 bits per heavy atom. The molecule has 2 rings (SSSR count). The van der Waals surface area contributed by atoms with E-state index in [1.54, 1.807) is 0 Å². The Kier molecular flexibility index (Phi) is 4.30. The number of carboxylic acids is 1. The van der Waals surface area contributed by atoms with Gasteiger partial charge in [0.15, 0.2) is 5.78 Å². The number of hydrogen-bond acceptors (Lipinski definition) is 5.